The van der Waals surface area contributed by atoms with Crippen LogP contribution in [0.2, 0.25) is 0 Å². The molecule has 0 saturated carbocycles. The molecule has 2 aromatic carbocycles. The van der Waals surface area contributed by atoms with Gasteiger partial charge >= 0.3 is 0 Å². The molecule has 104 valence electrons. The fourth-order valence-corrected chi connectivity index (χ4v) is 2.73. The van der Waals surface area contributed by atoms with E-state index >= 15 is 0 Å². The summed E-state index contributed by atoms with van der Waals surface area (Å²) in [7, 11) is 1.68. The molecule has 2 aromatic rings. The maximum absolute atomic E-state index is 6.37. The number of para-hydroxylation sites is 1. The normalized spacial score (nSPS) is 18.2. The van der Waals surface area contributed by atoms with Crippen LogP contribution in [0, 0.1) is 6.92 Å². The van der Waals surface area contributed by atoms with E-state index in [2.05, 4.69) is 12.1 Å². The predicted octanol–water partition coefficient (Wildman–Crippen LogP) is 3.01. The van der Waals surface area contributed by atoms with E-state index < -0.39 is 0 Å². The minimum absolute atomic E-state index is 0.000180. The average molecular weight is 269 g/mol. The molecule has 0 spiro atoms. The molecule has 3 rings (SSSR count). The summed E-state index contributed by atoms with van der Waals surface area (Å²) in [5, 5.41) is 0. The van der Waals surface area contributed by atoms with Crippen molar-refractivity contribution in [1.82, 2.24) is 0 Å². The van der Waals surface area contributed by atoms with E-state index in [0.29, 0.717) is 0 Å². The van der Waals surface area contributed by atoms with Crippen molar-refractivity contribution in [1.29, 1.82) is 0 Å². The van der Waals surface area contributed by atoms with Crippen LogP contribution in [0.15, 0.2) is 42.5 Å². The van der Waals surface area contributed by atoms with Crippen molar-refractivity contribution in [3.05, 3.63) is 59.2 Å². The number of fused-ring (bicyclic) bond motifs is 1. The van der Waals surface area contributed by atoms with Gasteiger partial charge in [0.2, 0.25) is 0 Å². The second-order valence-corrected chi connectivity index (χ2v) is 5.22. The molecule has 0 aromatic heterocycles. The summed E-state index contributed by atoms with van der Waals surface area (Å²) in [5.74, 6) is 1.84. The molecule has 0 amide bonds. The number of hydrogen-bond acceptors (Lipinski definition) is 3. The molecule has 0 bridgehead atoms. The molecule has 1 aliphatic heterocycles. The summed E-state index contributed by atoms with van der Waals surface area (Å²) in [5.41, 5.74) is 9.79. The highest BCUT2D eigenvalue weighted by Crippen LogP contribution is 2.33. The van der Waals surface area contributed by atoms with Gasteiger partial charge in [0.1, 0.15) is 17.6 Å². The predicted molar refractivity (Wildman–Crippen MR) is 79.2 cm³/mol. The fourth-order valence-electron chi connectivity index (χ4n) is 2.73. The molecule has 1 heterocycles. The number of ether oxygens (including phenoxy) is 2. The van der Waals surface area contributed by atoms with Gasteiger partial charge < -0.3 is 15.2 Å². The topological polar surface area (TPSA) is 44.5 Å². The van der Waals surface area contributed by atoms with Gasteiger partial charge in [0, 0.05) is 6.42 Å². The van der Waals surface area contributed by atoms with Crippen LogP contribution in [0.5, 0.6) is 11.5 Å². The van der Waals surface area contributed by atoms with Crippen LogP contribution < -0.4 is 15.2 Å². The molecule has 1 aliphatic rings. The third-order valence-electron chi connectivity index (χ3n) is 3.88. The maximum atomic E-state index is 6.37. The zero-order valence-corrected chi connectivity index (χ0v) is 11.8. The number of benzene rings is 2. The van der Waals surface area contributed by atoms with Gasteiger partial charge in [-0.1, -0.05) is 30.3 Å². The Bertz CT molecular complexity index is 599. The van der Waals surface area contributed by atoms with E-state index in [1.165, 1.54) is 5.56 Å². The monoisotopic (exact) mass is 269 g/mol. The lowest BCUT2D eigenvalue weighted by Crippen LogP contribution is -2.30. The summed E-state index contributed by atoms with van der Waals surface area (Å²) in [6.07, 6.45) is 0.864. The standard InChI is InChI=1S/C17H19NO2/c1-11-9-13(7-8-14(11)19-2)17(18)16-10-12-5-3-4-6-15(12)20-16/h3-9,16-17H,10,18H2,1-2H3. The fraction of sp³-hybridized carbons (Fsp3) is 0.294. The highest BCUT2D eigenvalue weighted by molar-refractivity contribution is 5.41. The largest absolute Gasteiger partial charge is 0.496 e. The van der Waals surface area contributed by atoms with E-state index in [1.54, 1.807) is 7.11 Å². The number of aryl methyl sites for hydroxylation is 1. The van der Waals surface area contributed by atoms with Crippen LogP contribution in [0.1, 0.15) is 22.7 Å². The molecular formula is C17H19NO2. The minimum Gasteiger partial charge on any atom is -0.496 e. The summed E-state index contributed by atoms with van der Waals surface area (Å²) < 4.78 is 11.2. The molecule has 3 nitrogen and oxygen atoms in total. The summed E-state index contributed by atoms with van der Waals surface area (Å²) in [6.45, 7) is 2.03. The van der Waals surface area contributed by atoms with Gasteiger partial charge in [-0.2, -0.15) is 0 Å². The van der Waals surface area contributed by atoms with Gasteiger partial charge in [-0.05, 0) is 35.7 Å². The van der Waals surface area contributed by atoms with Gasteiger partial charge in [0.15, 0.2) is 0 Å². The molecule has 0 fully saturated rings. The van der Waals surface area contributed by atoms with Crippen LogP contribution in [-0.2, 0) is 6.42 Å². The van der Waals surface area contributed by atoms with Crippen molar-refractivity contribution < 1.29 is 9.47 Å². The highest BCUT2D eigenvalue weighted by Gasteiger charge is 2.29. The lowest BCUT2D eigenvalue weighted by Gasteiger charge is -2.20. The molecule has 0 saturated heterocycles. The van der Waals surface area contributed by atoms with E-state index in [1.807, 2.05) is 37.3 Å². The highest BCUT2D eigenvalue weighted by atomic mass is 16.5. The van der Waals surface area contributed by atoms with Crippen molar-refractivity contribution in [3.8, 4) is 11.5 Å². The molecule has 3 heteroatoms. The zero-order chi connectivity index (χ0) is 14.1. The number of rotatable bonds is 3. The summed E-state index contributed by atoms with van der Waals surface area (Å²) in [6, 6.07) is 14.1. The lowest BCUT2D eigenvalue weighted by molar-refractivity contribution is 0.199. The van der Waals surface area contributed by atoms with Gasteiger partial charge in [-0.15, -0.1) is 0 Å². The van der Waals surface area contributed by atoms with Crippen molar-refractivity contribution in [2.75, 3.05) is 7.11 Å². The van der Waals surface area contributed by atoms with Gasteiger partial charge in [0.25, 0.3) is 0 Å². The SMILES string of the molecule is COc1ccc(C(N)C2Cc3ccccc3O2)cc1C. The molecule has 2 N–H and O–H groups in total. The lowest BCUT2D eigenvalue weighted by atomic mass is 9.97. The van der Waals surface area contributed by atoms with Crippen molar-refractivity contribution >= 4 is 0 Å². The molecule has 0 radical (unpaired) electrons. The Labute approximate surface area is 119 Å². The van der Waals surface area contributed by atoms with Gasteiger partial charge in [-0.25, -0.2) is 0 Å². The molecular weight excluding hydrogens is 250 g/mol. The van der Waals surface area contributed by atoms with Gasteiger partial charge in [0.05, 0.1) is 13.2 Å². The van der Waals surface area contributed by atoms with Crippen LogP contribution >= 0.6 is 0 Å². The van der Waals surface area contributed by atoms with Crippen molar-refractivity contribution in [2.24, 2.45) is 5.73 Å². The average Bonchev–Trinajstić information content (AvgIpc) is 2.90. The smallest absolute Gasteiger partial charge is 0.123 e. The Hall–Kier alpha value is -2.00. The number of nitrogens with two attached hydrogens (primary N) is 1. The zero-order valence-electron chi connectivity index (χ0n) is 11.8. The van der Waals surface area contributed by atoms with Crippen LogP contribution in [-0.4, -0.2) is 13.2 Å². The van der Waals surface area contributed by atoms with Crippen LogP contribution in [0.25, 0.3) is 0 Å². The Morgan fingerprint density at radius 3 is 2.75 bits per heavy atom. The summed E-state index contributed by atoms with van der Waals surface area (Å²) >= 11 is 0. The second-order valence-electron chi connectivity index (χ2n) is 5.22. The third-order valence-corrected chi connectivity index (χ3v) is 3.88. The van der Waals surface area contributed by atoms with E-state index in [4.69, 9.17) is 15.2 Å². The molecule has 2 atom stereocenters. The van der Waals surface area contributed by atoms with Crippen molar-refractivity contribution in [3.63, 3.8) is 0 Å². The first-order valence-electron chi connectivity index (χ1n) is 6.83. The molecule has 0 aliphatic carbocycles. The first-order chi connectivity index (χ1) is 9.69. The number of methoxy groups -OCH3 is 1. The third kappa shape index (κ3) is 2.25. The Balaban J connectivity index is 1.81. The maximum Gasteiger partial charge on any atom is 0.123 e. The second kappa shape index (κ2) is 5.17. The molecule has 20 heavy (non-hydrogen) atoms. The molecule has 2 unspecified atom stereocenters. The Morgan fingerprint density at radius 1 is 1.25 bits per heavy atom. The van der Waals surface area contributed by atoms with E-state index in [0.717, 1.165) is 29.0 Å². The Morgan fingerprint density at radius 2 is 2.05 bits per heavy atom. The van der Waals surface area contributed by atoms with E-state index in [9.17, 15) is 0 Å². The van der Waals surface area contributed by atoms with Crippen molar-refractivity contribution in [2.45, 2.75) is 25.5 Å². The minimum atomic E-state index is -0.132. The quantitative estimate of drug-likeness (QED) is 0.931. The van der Waals surface area contributed by atoms with Gasteiger partial charge in [-0.3, -0.25) is 0 Å². The van der Waals surface area contributed by atoms with E-state index in [-0.39, 0.29) is 12.1 Å². The summed E-state index contributed by atoms with van der Waals surface area (Å²) in [4.78, 5) is 0. The number of hydrogen-bond donors (Lipinski definition) is 1. The Kier molecular flexibility index (Phi) is 3.36. The first-order valence-corrected chi connectivity index (χ1v) is 6.83. The first kappa shape index (κ1) is 13.0. The van der Waals surface area contributed by atoms with Crippen LogP contribution in [0.3, 0.4) is 0 Å². The van der Waals surface area contributed by atoms with Crippen LogP contribution in [0.4, 0.5) is 0 Å².